The van der Waals surface area contributed by atoms with Gasteiger partial charge < -0.3 is 10.1 Å². The molecule has 0 radical (unpaired) electrons. The van der Waals surface area contributed by atoms with Crippen molar-refractivity contribution in [2.75, 3.05) is 0 Å². The molecule has 2 rings (SSSR count). The summed E-state index contributed by atoms with van der Waals surface area (Å²) < 4.78 is 5.64. The predicted molar refractivity (Wildman–Crippen MR) is 101 cm³/mol. The molecule has 26 heavy (non-hydrogen) atoms. The Morgan fingerprint density at radius 1 is 1.08 bits per heavy atom. The number of hydrogen-bond donors (Lipinski definition) is 1. The first-order chi connectivity index (χ1) is 12.4. The van der Waals surface area contributed by atoms with Crippen LogP contribution in [0.2, 0.25) is 4.34 Å². The van der Waals surface area contributed by atoms with Gasteiger partial charge in [0.25, 0.3) is 5.91 Å². The molecule has 2 aromatic rings. The van der Waals surface area contributed by atoms with Gasteiger partial charge in [-0.3, -0.25) is 14.4 Å². The Bertz CT molecular complexity index is 775. The Hall–Kier alpha value is -2.18. The second kappa shape index (κ2) is 9.50. The van der Waals surface area contributed by atoms with E-state index >= 15 is 0 Å². The summed E-state index contributed by atoms with van der Waals surface area (Å²) in [4.78, 5) is 36.5. The normalized spacial score (nSPS) is 12.9. The molecule has 2 unspecified atom stereocenters. The van der Waals surface area contributed by atoms with Gasteiger partial charge in [0.1, 0.15) is 0 Å². The van der Waals surface area contributed by atoms with Crippen molar-refractivity contribution in [3.05, 3.63) is 57.2 Å². The van der Waals surface area contributed by atoms with Gasteiger partial charge in [0.15, 0.2) is 11.9 Å². The summed E-state index contributed by atoms with van der Waals surface area (Å²) in [5.41, 5.74) is 0.958. The molecule has 0 aliphatic rings. The predicted octanol–water partition coefficient (Wildman–Crippen LogP) is 4.17. The number of nitrogens with one attached hydrogen (secondary N) is 1. The monoisotopic (exact) mass is 393 g/mol. The zero-order valence-electron chi connectivity index (χ0n) is 14.5. The molecule has 1 aromatic carbocycles. The van der Waals surface area contributed by atoms with E-state index in [1.807, 2.05) is 37.3 Å². The van der Waals surface area contributed by atoms with Crippen LogP contribution in [0.3, 0.4) is 0 Å². The van der Waals surface area contributed by atoms with Gasteiger partial charge in [-0.2, -0.15) is 0 Å². The van der Waals surface area contributed by atoms with Crippen LogP contribution >= 0.6 is 22.9 Å². The SMILES string of the molecule is CC(OC(=O)CCC(=O)c1ccc(Cl)s1)C(=O)NC(C)c1ccccc1. The molecule has 0 aliphatic heterocycles. The van der Waals surface area contributed by atoms with E-state index in [4.69, 9.17) is 16.3 Å². The fourth-order valence-electron chi connectivity index (χ4n) is 2.27. The first-order valence-corrected chi connectivity index (χ1v) is 9.39. The molecule has 5 nitrogen and oxygen atoms in total. The van der Waals surface area contributed by atoms with E-state index in [2.05, 4.69) is 5.32 Å². The topological polar surface area (TPSA) is 72.5 Å². The van der Waals surface area contributed by atoms with Crippen molar-refractivity contribution in [2.24, 2.45) is 0 Å². The van der Waals surface area contributed by atoms with Crippen LogP contribution in [0.4, 0.5) is 0 Å². The van der Waals surface area contributed by atoms with Crippen LogP contribution in [0.25, 0.3) is 0 Å². The molecular formula is C19H20ClNO4S. The van der Waals surface area contributed by atoms with Crippen LogP contribution in [-0.2, 0) is 14.3 Å². The van der Waals surface area contributed by atoms with Crippen LogP contribution in [0.15, 0.2) is 42.5 Å². The minimum atomic E-state index is -0.931. The van der Waals surface area contributed by atoms with Crippen molar-refractivity contribution >= 4 is 40.6 Å². The van der Waals surface area contributed by atoms with Crippen LogP contribution in [0.5, 0.6) is 0 Å². The number of carbonyl (C=O) groups excluding carboxylic acids is 3. The Morgan fingerprint density at radius 3 is 2.38 bits per heavy atom. The fourth-order valence-corrected chi connectivity index (χ4v) is 3.28. The van der Waals surface area contributed by atoms with E-state index in [9.17, 15) is 14.4 Å². The molecule has 0 bridgehead atoms. The van der Waals surface area contributed by atoms with Crippen molar-refractivity contribution in [1.82, 2.24) is 5.32 Å². The van der Waals surface area contributed by atoms with E-state index in [-0.39, 0.29) is 30.6 Å². The highest BCUT2D eigenvalue weighted by atomic mass is 35.5. The molecule has 138 valence electrons. The van der Waals surface area contributed by atoms with Gasteiger partial charge >= 0.3 is 5.97 Å². The Labute approximate surface area is 161 Å². The van der Waals surface area contributed by atoms with Crippen LogP contribution < -0.4 is 5.32 Å². The number of amides is 1. The van der Waals surface area contributed by atoms with Crippen molar-refractivity contribution in [3.63, 3.8) is 0 Å². The number of Topliss-reactive ketones (excluding diaryl/α,β-unsaturated/α-hetero) is 1. The first-order valence-electron chi connectivity index (χ1n) is 8.20. The third-order valence-corrected chi connectivity index (χ3v) is 5.01. The van der Waals surface area contributed by atoms with Crippen LogP contribution in [0, 0.1) is 0 Å². The van der Waals surface area contributed by atoms with Crippen LogP contribution in [-0.4, -0.2) is 23.8 Å². The molecule has 0 saturated carbocycles. The van der Waals surface area contributed by atoms with Crippen molar-refractivity contribution in [2.45, 2.75) is 38.8 Å². The smallest absolute Gasteiger partial charge is 0.307 e. The number of rotatable bonds is 8. The average Bonchev–Trinajstić information content (AvgIpc) is 3.06. The molecule has 7 heteroatoms. The molecule has 2 atom stereocenters. The summed E-state index contributed by atoms with van der Waals surface area (Å²) in [6.45, 7) is 3.36. The van der Waals surface area contributed by atoms with Gasteiger partial charge in [-0.25, -0.2) is 0 Å². The molecule has 0 spiro atoms. The number of ketones is 1. The van der Waals surface area contributed by atoms with E-state index in [0.717, 1.165) is 5.56 Å². The molecule has 1 N–H and O–H groups in total. The van der Waals surface area contributed by atoms with Crippen molar-refractivity contribution in [1.29, 1.82) is 0 Å². The zero-order valence-corrected chi connectivity index (χ0v) is 16.1. The van der Waals surface area contributed by atoms with Gasteiger partial charge in [-0.1, -0.05) is 41.9 Å². The third-order valence-electron chi connectivity index (χ3n) is 3.74. The molecule has 1 heterocycles. The second-order valence-electron chi connectivity index (χ2n) is 5.80. The lowest BCUT2D eigenvalue weighted by Crippen LogP contribution is -2.37. The number of hydrogen-bond acceptors (Lipinski definition) is 5. The van der Waals surface area contributed by atoms with Gasteiger partial charge in [0.2, 0.25) is 0 Å². The highest BCUT2D eigenvalue weighted by Gasteiger charge is 2.20. The van der Waals surface area contributed by atoms with Crippen molar-refractivity contribution in [3.8, 4) is 0 Å². The molecule has 1 amide bonds. The van der Waals surface area contributed by atoms with E-state index in [1.54, 1.807) is 12.1 Å². The first kappa shape index (κ1) is 20.1. The maximum atomic E-state index is 12.2. The summed E-state index contributed by atoms with van der Waals surface area (Å²) in [5, 5.41) is 2.80. The Morgan fingerprint density at radius 2 is 1.77 bits per heavy atom. The lowest BCUT2D eigenvalue weighted by Gasteiger charge is -2.18. The van der Waals surface area contributed by atoms with Gasteiger partial charge in [0, 0.05) is 6.42 Å². The number of esters is 1. The van der Waals surface area contributed by atoms with Gasteiger partial charge in [0.05, 0.1) is 21.7 Å². The van der Waals surface area contributed by atoms with Crippen LogP contribution in [0.1, 0.15) is 48.0 Å². The van der Waals surface area contributed by atoms with Gasteiger partial charge in [-0.15, -0.1) is 11.3 Å². The Balaban J connectivity index is 1.77. The van der Waals surface area contributed by atoms with E-state index in [0.29, 0.717) is 9.21 Å². The van der Waals surface area contributed by atoms with E-state index in [1.165, 1.54) is 18.3 Å². The van der Waals surface area contributed by atoms with E-state index < -0.39 is 12.1 Å². The lowest BCUT2D eigenvalue weighted by molar-refractivity contribution is -0.155. The standard InChI is InChI=1S/C19H20ClNO4S/c1-12(14-6-4-3-5-7-14)21-19(24)13(2)25-18(23)11-8-15(22)16-9-10-17(20)26-16/h3-7,9-10,12-13H,8,11H2,1-2H3,(H,21,24). The third kappa shape index (κ3) is 5.97. The summed E-state index contributed by atoms with van der Waals surface area (Å²) >= 11 is 6.96. The number of benzene rings is 1. The summed E-state index contributed by atoms with van der Waals surface area (Å²) in [6.07, 6.45) is -0.995. The number of ether oxygens (including phenoxy) is 1. The zero-order chi connectivity index (χ0) is 19.1. The number of halogens is 1. The largest absolute Gasteiger partial charge is 0.453 e. The minimum Gasteiger partial charge on any atom is -0.453 e. The molecule has 0 fully saturated rings. The number of carbonyl (C=O) groups is 3. The maximum Gasteiger partial charge on any atom is 0.307 e. The summed E-state index contributed by atoms with van der Waals surface area (Å²) in [6, 6.07) is 12.6. The lowest BCUT2D eigenvalue weighted by atomic mass is 10.1. The number of thiophene rings is 1. The molecule has 0 saturated heterocycles. The quantitative estimate of drug-likeness (QED) is 0.539. The average molecular weight is 394 g/mol. The molecule has 0 aliphatic carbocycles. The second-order valence-corrected chi connectivity index (χ2v) is 7.52. The summed E-state index contributed by atoms with van der Waals surface area (Å²) in [5.74, 6) is -1.14. The van der Waals surface area contributed by atoms with Gasteiger partial charge in [-0.05, 0) is 31.5 Å². The van der Waals surface area contributed by atoms with Crippen molar-refractivity contribution < 1.29 is 19.1 Å². The molecule has 1 aromatic heterocycles. The highest BCUT2D eigenvalue weighted by Crippen LogP contribution is 2.23. The molecular weight excluding hydrogens is 374 g/mol. The fraction of sp³-hybridized carbons (Fsp3) is 0.316. The Kier molecular flexibility index (Phi) is 7.36. The summed E-state index contributed by atoms with van der Waals surface area (Å²) in [7, 11) is 0. The highest BCUT2D eigenvalue weighted by molar-refractivity contribution is 7.18. The minimum absolute atomic E-state index is 0.0183. The maximum absolute atomic E-state index is 12.2.